The summed E-state index contributed by atoms with van der Waals surface area (Å²) in [5.74, 6) is -1.79. The molecule has 0 bridgehead atoms. The van der Waals surface area contributed by atoms with Crippen LogP contribution in [0.5, 0.6) is 0 Å². The molecule has 2 aromatic carbocycles. The maximum absolute atomic E-state index is 14.3. The van der Waals surface area contributed by atoms with Gasteiger partial charge in [0.05, 0.1) is 6.42 Å². The molecule has 0 saturated heterocycles. The molecule has 118 valence electrons. The number of anilines is 2. The van der Waals surface area contributed by atoms with E-state index in [2.05, 4.69) is 10.3 Å². The van der Waals surface area contributed by atoms with Crippen LogP contribution in [0.25, 0.3) is 11.1 Å². The van der Waals surface area contributed by atoms with Crippen LogP contribution in [0, 0.1) is 19.7 Å². The SMILES string of the molecule is Cc1ccc(C)c(Nc2nc3ccc(CC(=O)O)c(F)c3o2)c1. The summed E-state index contributed by atoms with van der Waals surface area (Å²) < 4.78 is 19.7. The van der Waals surface area contributed by atoms with E-state index in [9.17, 15) is 9.18 Å². The van der Waals surface area contributed by atoms with Gasteiger partial charge in [-0.3, -0.25) is 4.79 Å². The Kier molecular flexibility index (Phi) is 3.73. The number of carboxylic acid groups (broad SMARTS) is 1. The van der Waals surface area contributed by atoms with E-state index in [0.717, 1.165) is 16.8 Å². The fourth-order valence-corrected chi connectivity index (χ4v) is 2.34. The second-order valence-electron chi connectivity index (χ2n) is 5.42. The Morgan fingerprint density at radius 2 is 2.09 bits per heavy atom. The number of nitrogens with one attached hydrogen (secondary N) is 1. The molecule has 1 aromatic heterocycles. The van der Waals surface area contributed by atoms with Gasteiger partial charge in [0.15, 0.2) is 11.4 Å². The Hall–Kier alpha value is -2.89. The van der Waals surface area contributed by atoms with Gasteiger partial charge < -0.3 is 14.8 Å². The van der Waals surface area contributed by atoms with E-state index in [-0.39, 0.29) is 17.2 Å². The van der Waals surface area contributed by atoms with E-state index < -0.39 is 18.2 Å². The van der Waals surface area contributed by atoms with Gasteiger partial charge in [0.1, 0.15) is 5.52 Å². The average Bonchev–Trinajstić information content (AvgIpc) is 2.89. The van der Waals surface area contributed by atoms with Crippen molar-refractivity contribution < 1.29 is 18.7 Å². The Balaban J connectivity index is 1.98. The number of carbonyl (C=O) groups is 1. The lowest BCUT2D eigenvalue weighted by atomic mass is 10.1. The average molecular weight is 314 g/mol. The Labute approximate surface area is 131 Å². The maximum atomic E-state index is 14.3. The lowest BCUT2D eigenvalue weighted by Gasteiger charge is -2.06. The van der Waals surface area contributed by atoms with Gasteiger partial charge in [-0.25, -0.2) is 4.39 Å². The third-order valence-electron chi connectivity index (χ3n) is 3.55. The van der Waals surface area contributed by atoms with Crippen LogP contribution >= 0.6 is 0 Å². The highest BCUT2D eigenvalue weighted by atomic mass is 19.1. The first-order chi connectivity index (χ1) is 10.9. The summed E-state index contributed by atoms with van der Waals surface area (Å²) in [5.41, 5.74) is 3.26. The van der Waals surface area contributed by atoms with Crippen LogP contribution in [-0.4, -0.2) is 16.1 Å². The third kappa shape index (κ3) is 3.01. The molecule has 0 aliphatic carbocycles. The van der Waals surface area contributed by atoms with Crippen molar-refractivity contribution in [3.05, 3.63) is 52.8 Å². The smallest absolute Gasteiger partial charge is 0.307 e. The summed E-state index contributed by atoms with van der Waals surface area (Å²) in [7, 11) is 0. The molecular formula is C17H15FN2O3. The Morgan fingerprint density at radius 3 is 2.83 bits per heavy atom. The normalized spacial score (nSPS) is 10.9. The number of halogens is 1. The van der Waals surface area contributed by atoms with E-state index in [1.54, 1.807) is 6.07 Å². The summed E-state index contributed by atoms with van der Waals surface area (Å²) in [5, 5.41) is 11.8. The van der Waals surface area contributed by atoms with Crippen molar-refractivity contribution in [1.82, 2.24) is 4.98 Å². The van der Waals surface area contributed by atoms with E-state index in [1.165, 1.54) is 6.07 Å². The summed E-state index contributed by atoms with van der Waals surface area (Å²) in [6.45, 7) is 3.91. The van der Waals surface area contributed by atoms with Gasteiger partial charge in [-0.1, -0.05) is 18.2 Å². The standard InChI is InChI=1S/C17H15FN2O3/c1-9-3-4-10(2)13(7-9)20-17-19-12-6-5-11(8-14(21)22)15(18)16(12)23-17/h3-7H,8H2,1-2H3,(H,19,20)(H,21,22). The zero-order chi connectivity index (χ0) is 16.6. The molecule has 2 N–H and O–H groups in total. The predicted octanol–water partition coefficient (Wildman–Crippen LogP) is 3.95. The molecule has 0 saturated carbocycles. The molecule has 0 aliphatic rings. The van der Waals surface area contributed by atoms with Crippen molar-refractivity contribution in [2.75, 3.05) is 5.32 Å². The molecule has 0 aliphatic heterocycles. The van der Waals surface area contributed by atoms with Crippen molar-refractivity contribution in [2.45, 2.75) is 20.3 Å². The van der Waals surface area contributed by atoms with Crippen LogP contribution in [0.4, 0.5) is 16.1 Å². The number of hydrogen-bond acceptors (Lipinski definition) is 4. The zero-order valence-corrected chi connectivity index (χ0v) is 12.7. The van der Waals surface area contributed by atoms with Crippen molar-refractivity contribution in [3.8, 4) is 0 Å². The number of rotatable bonds is 4. The maximum Gasteiger partial charge on any atom is 0.307 e. The minimum absolute atomic E-state index is 0.0449. The summed E-state index contributed by atoms with van der Waals surface area (Å²) in [6.07, 6.45) is -0.401. The molecule has 0 amide bonds. The summed E-state index contributed by atoms with van der Waals surface area (Å²) >= 11 is 0. The van der Waals surface area contributed by atoms with Crippen LogP contribution in [0.3, 0.4) is 0 Å². The van der Waals surface area contributed by atoms with Gasteiger partial charge in [-0.2, -0.15) is 4.98 Å². The van der Waals surface area contributed by atoms with Crippen LogP contribution in [0.1, 0.15) is 16.7 Å². The number of aromatic nitrogens is 1. The molecule has 0 fully saturated rings. The fraction of sp³-hybridized carbons (Fsp3) is 0.176. The first-order valence-corrected chi connectivity index (χ1v) is 7.08. The predicted molar refractivity (Wildman–Crippen MR) is 84.5 cm³/mol. The van der Waals surface area contributed by atoms with Gasteiger partial charge in [0.2, 0.25) is 0 Å². The highest BCUT2D eigenvalue weighted by Gasteiger charge is 2.16. The van der Waals surface area contributed by atoms with Crippen molar-refractivity contribution in [3.63, 3.8) is 0 Å². The van der Waals surface area contributed by atoms with E-state index in [4.69, 9.17) is 9.52 Å². The summed E-state index contributed by atoms with van der Waals surface area (Å²) in [4.78, 5) is 14.9. The van der Waals surface area contributed by atoms with Crippen LogP contribution < -0.4 is 5.32 Å². The number of hydrogen-bond donors (Lipinski definition) is 2. The fourth-order valence-electron chi connectivity index (χ4n) is 2.34. The largest absolute Gasteiger partial charge is 0.481 e. The highest BCUT2D eigenvalue weighted by Crippen LogP contribution is 2.27. The second-order valence-corrected chi connectivity index (χ2v) is 5.42. The summed E-state index contributed by atoms with van der Waals surface area (Å²) in [6, 6.07) is 9.03. The van der Waals surface area contributed by atoms with E-state index >= 15 is 0 Å². The number of oxazole rings is 1. The number of carboxylic acids is 1. The monoisotopic (exact) mass is 314 g/mol. The van der Waals surface area contributed by atoms with Gasteiger partial charge >= 0.3 is 5.97 Å². The Bertz CT molecular complexity index is 902. The van der Waals surface area contributed by atoms with Crippen molar-refractivity contribution >= 4 is 28.8 Å². The Morgan fingerprint density at radius 1 is 1.30 bits per heavy atom. The second kappa shape index (κ2) is 5.72. The zero-order valence-electron chi connectivity index (χ0n) is 12.7. The molecule has 1 heterocycles. The van der Waals surface area contributed by atoms with Crippen molar-refractivity contribution in [1.29, 1.82) is 0 Å². The van der Waals surface area contributed by atoms with Crippen molar-refractivity contribution in [2.24, 2.45) is 0 Å². The van der Waals surface area contributed by atoms with Crippen LogP contribution in [0.15, 0.2) is 34.7 Å². The molecule has 5 nitrogen and oxygen atoms in total. The molecule has 0 unspecified atom stereocenters. The first-order valence-electron chi connectivity index (χ1n) is 7.08. The molecule has 3 aromatic rings. The molecule has 23 heavy (non-hydrogen) atoms. The topological polar surface area (TPSA) is 75.4 Å². The number of benzene rings is 2. The van der Waals surface area contributed by atoms with Gasteiger partial charge in [0, 0.05) is 11.3 Å². The van der Waals surface area contributed by atoms with Crippen LogP contribution in [0.2, 0.25) is 0 Å². The minimum atomic E-state index is -1.10. The molecule has 0 radical (unpaired) electrons. The third-order valence-corrected chi connectivity index (χ3v) is 3.55. The van der Waals surface area contributed by atoms with E-state index in [1.807, 2.05) is 32.0 Å². The number of nitrogens with zero attached hydrogens (tertiary/aromatic N) is 1. The molecular weight excluding hydrogens is 299 g/mol. The lowest BCUT2D eigenvalue weighted by Crippen LogP contribution is -2.02. The number of aryl methyl sites for hydroxylation is 2. The quantitative estimate of drug-likeness (QED) is 0.762. The molecule has 0 spiro atoms. The number of fused-ring (bicyclic) bond motifs is 1. The van der Waals surface area contributed by atoms with Gasteiger partial charge in [-0.05, 0) is 37.1 Å². The lowest BCUT2D eigenvalue weighted by molar-refractivity contribution is -0.136. The molecule has 6 heteroatoms. The van der Waals surface area contributed by atoms with E-state index in [0.29, 0.717) is 5.52 Å². The minimum Gasteiger partial charge on any atom is -0.481 e. The highest BCUT2D eigenvalue weighted by molar-refractivity contribution is 5.79. The van der Waals surface area contributed by atoms with Crippen LogP contribution in [-0.2, 0) is 11.2 Å². The molecule has 0 atom stereocenters. The first kappa shape index (κ1) is 15.0. The molecule has 3 rings (SSSR count). The number of aliphatic carboxylic acids is 1. The van der Waals surface area contributed by atoms with Gasteiger partial charge in [-0.15, -0.1) is 0 Å². The van der Waals surface area contributed by atoms with Gasteiger partial charge in [0.25, 0.3) is 6.01 Å².